The second-order valence-corrected chi connectivity index (χ2v) is 4.44. The molecule has 1 aromatic rings. The number of alkyl halides is 2. The quantitative estimate of drug-likeness (QED) is 0.628. The number of sulfonamides is 1. The largest absolute Gasteiger partial charge is 0.366 e. The summed E-state index contributed by atoms with van der Waals surface area (Å²) in [6, 6.07) is 1.69. The van der Waals surface area contributed by atoms with Gasteiger partial charge < -0.3 is 10.1 Å². The maximum Gasteiger partial charge on any atom is 0.366 e. The number of pyridine rings is 1. The van der Waals surface area contributed by atoms with Crippen LogP contribution in [-0.4, -0.2) is 18.3 Å². The molecule has 0 aliphatic heterocycles. The molecule has 1 heterocycles. The van der Waals surface area contributed by atoms with Gasteiger partial charge in [0.05, 0.1) is 11.6 Å². The number of nitriles is 1. The van der Waals surface area contributed by atoms with Crippen molar-refractivity contribution >= 4 is 15.8 Å². The van der Waals surface area contributed by atoms with Crippen LogP contribution in [0.3, 0.4) is 0 Å². The lowest BCUT2D eigenvalue weighted by atomic mass is 10.1. The Kier molecular flexibility index (Phi) is 3.54. The monoisotopic (exact) mass is 278 g/mol. The van der Waals surface area contributed by atoms with Crippen molar-refractivity contribution < 1.29 is 22.1 Å². The lowest BCUT2D eigenvalue weighted by Gasteiger charge is -2.04. The van der Waals surface area contributed by atoms with Gasteiger partial charge in [0.25, 0.3) is 21.5 Å². The number of nitro groups is 1. The Morgan fingerprint density at radius 2 is 2.11 bits per heavy atom. The van der Waals surface area contributed by atoms with Gasteiger partial charge in [-0.25, -0.2) is 22.3 Å². The van der Waals surface area contributed by atoms with E-state index in [-0.39, 0.29) is 0 Å². The molecule has 0 fully saturated rings. The molecule has 0 saturated carbocycles. The van der Waals surface area contributed by atoms with Gasteiger partial charge in [0, 0.05) is 0 Å². The molecule has 0 aliphatic rings. The Labute approximate surface area is 98.9 Å². The van der Waals surface area contributed by atoms with Gasteiger partial charge in [0.2, 0.25) is 0 Å². The van der Waals surface area contributed by atoms with E-state index in [1.807, 2.05) is 0 Å². The minimum Gasteiger partial charge on any atom is -0.358 e. The lowest BCUT2D eigenvalue weighted by Crippen LogP contribution is -2.18. The number of primary sulfonamides is 1. The van der Waals surface area contributed by atoms with Gasteiger partial charge in [0.1, 0.15) is 11.6 Å². The van der Waals surface area contributed by atoms with Gasteiger partial charge in [0.15, 0.2) is 0 Å². The summed E-state index contributed by atoms with van der Waals surface area (Å²) >= 11 is 0. The van der Waals surface area contributed by atoms with Crippen molar-refractivity contribution in [1.29, 1.82) is 5.26 Å². The van der Waals surface area contributed by atoms with E-state index >= 15 is 0 Å². The van der Waals surface area contributed by atoms with Crippen molar-refractivity contribution in [3.8, 4) is 6.07 Å². The molecule has 0 saturated heterocycles. The molecule has 0 spiro atoms. The second-order valence-electron chi connectivity index (χ2n) is 2.96. The fraction of sp³-hybridized carbons (Fsp3) is 0.143. The molecule has 0 amide bonds. The molecular formula is C7H4F2N4O4S. The van der Waals surface area contributed by atoms with Crippen molar-refractivity contribution in [2.75, 3.05) is 0 Å². The molecule has 2 N–H and O–H groups in total. The second kappa shape index (κ2) is 4.59. The predicted octanol–water partition coefficient (Wildman–Crippen LogP) is 0.446. The van der Waals surface area contributed by atoms with Gasteiger partial charge in [-0.05, 0) is 9.91 Å². The molecular weight excluding hydrogens is 274 g/mol. The van der Waals surface area contributed by atoms with Crippen LogP contribution in [0.4, 0.5) is 14.6 Å². The summed E-state index contributed by atoms with van der Waals surface area (Å²) in [5.74, 6) is -1.06. The van der Waals surface area contributed by atoms with Crippen LogP contribution in [0.5, 0.6) is 0 Å². The Morgan fingerprint density at radius 3 is 2.44 bits per heavy atom. The number of hydrogen-bond acceptors (Lipinski definition) is 6. The third-order valence-corrected chi connectivity index (χ3v) is 2.66. The van der Waals surface area contributed by atoms with Crippen LogP contribution >= 0.6 is 0 Å². The van der Waals surface area contributed by atoms with Crippen LogP contribution in [-0.2, 0) is 10.0 Å². The van der Waals surface area contributed by atoms with Gasteiger partial charge in [-0.3, -0.25) is 0 Å². The molecule has 18 heavy (non-hydrogen) atoms. The smallest absolute Gasteiger partial charge is 0.358 e. The van der Waals surface area contributed by atoms with Crippen LogP contribution < -0.4 is 5.14 Å². The number of aromatic nitrogens is 1. The first-order chi connectivity index (χ1) is 8.18. The molecule has 0 radical (unpaired) electrons. The molecule has 0 unspecified atom stereocenters. The first-order valence-corrected chi connectivity index (χ1v) is 5.63. The summed E-state index contributed by atoms with van der Waals surface area (Å²) in [7, 11) is -4.71. The summed E-state index contributed by atoms with van der Waals surface area (Å²) in [4.78, 5) is 12.2. The van der Waals surface area contributed by atoms with Crippen LogP contribution in [0.2, 0.25) is 0 Å². The third-order valence-electron chi connectivity index (χ3n) is 1.81. The van der Waals surface area contributed by atoms with Gasteiger partial charge in [-0.1, -0.05) is 0 Å². The maximum atomic E-state index is 12.7. The summed E-state index contributed by atoms with van der Waals surface area (Å²) in [5, 5.41) is 22.3. The standard InChI is InChI=1S/C7H4F2N4O4S/c8-6(9)5-3(2-10)1-4(13(14)15)12-7(5)18(11,16)17/h1,6H,(H2,11,16,17). The van der Waals surface area contributed by atoms with Crippen molar-refractivity contribution in [1.82, 2.24) is 4.98 Å². The average Bonchev–Trinajstić information content (AvgIpc) is 2.25. The highest BCUT2D eigenvalue weighted by Crippen LogP contribution is 2.30. The number of nitrogens with zero attached hydrogens (tertiary/aromatic N) is 3. The fourth-order valence-corrected chi connectivity index (χ4v) is 1.86. The SMILES string of the molecule is N#Cc1cc([N+](=O)[O-])nc(S(N)(=O)=O)c1C(F)F. The number of halogens is 2. The zero-order valence-electron chi connectivity index (χ0n) is 8.37. The molecule has 1 rings (SSSR count). The van der Waals surface area contributed by atoms with Gasteiger partial charge in [-0.2, -0.15) is 5.26 Å². The normalized spacial score (nSPS) is 11.3. The lowest BCUT2D eigenvalue weighted by molar-refractivity contribution is -0.390. The summed E-state index contributed by atoms with van der Waals surface area (Å²) in [5.41, 5.74) is -2.11. The highest BCUT2D eigenvalue weighted by molar-refractivity contribution is 7.89. The van der Waals surface area contributed by atoms with E-state index in [1.54, 1.807) is 0 Å². The Bertz CT molecular complexity index is 652. The number of hydrogen-bond donors (Lipinski definition) is 1. The van der Waals surface area contributed by atoms with Crippen molar-refractivity contribution in [2.45, 2.75) is 11.5 Å². The summed E-state index contributed by atoms with van der Waals surface area (Å²) in [6.07, 6.45) is -3.36. The molecule has 0 aliphatic carbocycles. The van der Waals surface area contributed by atoms with E-state index in [1.165, 1.54) is 6.07 Å². The van der Waals surface area contributed by atoms with Gasteiger partial charge >= 0.3 is 5.82 Å². The topological polar surface area (TPSA) is 140 Å². The van der Waals surface area contributed by atoms with E-state index in [2.05, 4.69) is 10.1 Å². The minimum atomic E-state index is -4.71. The van der Waals surface area contributed by atoms with Gasteiger partial charge in [-0.15, -0.1) is 0 Å². The first-order valence-electron chi connectivity index (χ1n) is 4.09. The predicted molar refractivity (Wildman–Crippen MR) is 51.9 cm³/mol. The average molecular weight is 278 g/mol. The van der Waals surface area contributed by atoms with Crippen LogP contribution in [0.1, 0.15) is 17.6 Å². The Balaban J connectivity index is 3.81. The first kappa shape index (κ1) is 13.9. The van der Waals surface area contributed by atoms with Crippen molar-refractivity contribution in [2.24, 2.45) is 5.14 Å². The van der Waals surface area contributed by atoms with Crippen molar-refractivity contribution in [3.05, 3.63) is 27.3 Å². The van der Waals surface area contributed by atoms with Crippen LogP contribution in [0, 0.1) is 21.4 Å². The van der Waals surface area contributed by atoms with Crippen LogP contribution in [0.25, 0.3) is 0 Å². The molecule has 0 atom stereocenters. The van der Waals surface area contributed by atoms with E-state index < -0.39 is 43.3 Å². The van der Waals surface area contributed by atoms with E-state index in [4.69, 9.17) is 5.26 Å². The van der Waals surface area contributed by atoms with Crippen LogP contribution in [0.15, 0.2) is 11.1 Å². The van der Waals surface area contributed by atoms with Crippen molar-refractivity contribution in [3.63, 3.8) is 0 Å². The summed E-state index contributed by atoms with van der Waals surface area (Å²) in [6.45, 7) is 0. The maximum absolute atomic E-state index is 12.7. The molecule has 1 aromatic heterocycles. The molecule has 8 nitrogen and oxygen atoms in total. The third kappa shape index (κ3) is 2.55. The summed E-state index contributed by atoms with van der Waals surface area (Å²) < 4.78 is 47.4. The molecule has 11 heteroatoms. The fourth-order valence-electron chi connectivity index (χ4n) is 1.13. The van der Waals surface area contributed by atoms with E-state index in [0.29, 0.717) is 6.07 Å². The number of nitrogens with two attached hydrogens (primary N) is 1. The highest BCUT2D eigenvalue weighted by Gasteiger charge is 2.33. The van der Waals surface area contributed by atoms with E-state index in [0.717, 1.165) is 0 Å². The molecule has 96 valence electrons. The zero-order valence-corrected chi connectivity index (χ0v) is 9.19. The highest BCUT2D eigenvalue weighted by atomic mass is 32.2. The Hall–Kier alpha value is -2.19. The minimum absolute atomic E-state index is 0.455. The molecule has 0 aromatic carbocycles. The van der Waals surface area contributed by atoms with E-state index in [9.17, 15) is 27.3 Å². The zero-order chi connectivity index (χ0) is 14.1. The Morgan fingerprint density at radius 1 is 1.56 bits per heavy atom. The molecule has 0 bridgehead atoms. The number of rotatable bonds is 3.